The highest BCUT2D eigenvalue weighted by molar-refractivity contribution is 5.87. The second-order valence-electron chi connectivity index (χ2n) is 3.21. The van der Waals surface area contributed by atoms with Gasteiger partial charge in [0.1, 0.15) is 0 Å². The van der Waals surface area contributed by atoms with Gasteiger partial charge in [-0.1, -0.05) is 12.6 Å². The maximum absolute atomic E-state index is 11.0. The molecule has 2 N–H and O–H groups in total. The van der Waals surface area contributed by atoms with Crippen molar-refractivity contribution in [2.45, 2.75) is 6.54 Å². The zero-order valence-electron chi connectivity index (χ0n) is 8.16. The molecule has 4 nitrogen and oxygen atoms in total. The van der Waals surface area contributed by atoms with Crippen LogP contribution < -0.4 is 5.32 Å². The van der Waals surface area contributed by atoms with Crippen molar-refractivity contribution in [3.05, 3.63) is 42.6 Å². The van der Waals surface area contributed by atoms with Crippen LogP contribution in [0.1, 0.15) is 5.56 Å². The third-order valence-corrected chi connectivity index (χ3v) is 2.16. The van der Waals surface area contributed by atoms with Crippen LogP contribution in [-0.2, 0) is 11.3 Å². The molecule has 0 atom stereocenters. The van der Waals surface area contributed by atoms with E-state index in [0.29, 0.717) is 6.54 Å². The summed E-state index contributed by atoms with van der Waals surface area (Å²) in [7, 11) is 0. The summed E-state index contributed by atoms with van der Waals surface area (Å²) >= 11 is 0. The Morgan fingerprint density at radius 2 is 2.47 bits per heavy atom. The number of benzene rings is 1. The van der Waals surface area contributed by atoms with E-state index in [9.17, 15) is 4.79 Å². The number of rotatable bonds is 3. The minimum atomic E-state index is -0.165. The minimum Gasteiger partial charge on any atom is -0.348 e. The van der Waals surface area contributed by atoms with Crippen LogP contribution in [0, 0.1) is 0 Å². The lowest BCUT2D eigenvalue weighted by Crippen LogP contribution is -2.19. The molecule has 15 heavy (non-hydrogen) atoms. The van der Waals surface area contributed by atoms with Gasteiger partial charge in [-0.3, -0.25) is 9.89 Å². The molecule has 0 fully saturated rings. The van der Waals surface area contributed by atoms with Gasteiger partial charge in [0, 0.05) is 11.9 Å². The molecular formula is C11H11N3O. The van der Waals surface area contributed by atoms with E-state index in [-0.39, 0.29) is 5.91 Å². The Morgan fingerprint density at radius 1 is 1.60 bits per heavy atom. The Hall–Kier alpha value is -2.10. The molecule has 0 aliphatic heterocycles. The molecule has 1 amide bonds. The Kier molecular flexibility index (Phi) is 2.49. The van der Waals surface area contributed by atoms with E-state index in [4.69, 9.17) is 0 Å². The number of nitrogens with zero attached hydrogens (tertiary/aromatic N) is 1. The number of amides is 1. The summed E-state index contributed by atoms with van der Waals surface area (Å²) in [5.74, 6) is -0.165. The number of fused-ring (bicyclic) bond motifs is 1. The lowest BCUT2D eigenvalue weighted by atomic mass is 10.1. The molecule has 0 unspecified atom stereocenters. The Balaban J connectivity index is 2.14. The van der Waals surface area contributed by atoms with Crippen molar-refractivity contribution >= 4 is 16.8 Å². The zero-order chi connectivity index (χ0) is 10.7. The van der Waals surface area contributed by atoms with Crippen molar-refractivity contribution < 1.29 is 4.79 Å². The number of hydrogen-bond acceptors (Lipinski definition) is 2. The van der Waals surface area contributed by atoms with Gasteiger partial charge in [-0.2, -0.15) is 5.10 Å². The van der Waals surface area contributed by atoms with Crippen molar-refractivity contribution in [2.75, 3.05) is 0 Å². The predicted molar refractivity (Wildman–Crippen MR) is 58.1 cm³/mol. The molecule has 1 aromatic heterocycles. The van der Waals surface area contributed by atoms with E-state index in [1.54, 1.807) is 6.20 Å². The van der Waals surface area contributed by atoms with Crippen molar-refractivity contribution in [3.8, 4) is 0 Å². The lowest BCUT2D eigenvalue weighted by molar-refractivity contribution is -0.116. The lowest BCUT2D eigenvalue weighted by Gasteiger charge is -2.02. The van der Waals surface area contributed by atoms with Crippen molar-refractivity contribution in [1.29, 1.82) is 0 Å². The zero-order valence-corrected chi connectivity index (χ0v) is 8.16. The summed E-state index contributed by atoms with van der Waals surface area (Å²) in [5, 5.41) is 10.6. The molecule has 2 rings (SSSR count). The average molecular weight is 201 g/mol. The van der Waals surface area contributed by atoms with Gasteiger partial charge in [0.15, 0.2) is 0 Å². The molecule has 0 saturated heterocycles. The molecule has 0 spiro atoms. The van der Waals surface area contributed by atoms with Crippen molar-refractivity contribution in [3.63, 3.8) is 0 Å². The van der Waals surface area contributed by atoms with E-state index in [0.717, 1.165) is 16.5 Å². The molecule has 2 aromatic rings. The Labute approximate surface area is 87.0 Å². The first-order valence-corrected chi connectivity index (χ1v) is 4.62. The van der Waals surface area contributed by atoms with Gasteiger partial charge in [0.2, 0.25) is 5.91 Å². The largest absolute Gasteiger partial charge is 0.348 e. The van der Waals surface area contributed by atoms with Crippen LogP contribution in [0.15, 0.2) is 37.1 Å². The van der Waals surface area contributed by atoms with E-state index in [1.165, 1.54) is 6.08 Å². The predicted octanol–water partition coefficient (Wildman–Crippen LogP) is 1.37. The standard InChI is InChI=1S/C11H11N3O/c1-2-11(15)12-6-8-3-4-10-9(5-8)7-13-14-10/h2-5,7H,1,6H2,(H,12,15)(H,13,14). The SMILES string of the molecule is C=CC(=O)NCc1ccc2[nH]ncc2c1. The van der Waals surface area contributed by atoms with Crippen LogP contribution in [0.2, 0.25) is 0 Å². The molecule has 0 bridgehead atoms. The third kappa shape index (κ3) is 2.04. The number of aromatic nitrogens is 2. The Bertz CT molecular complexity index is 501. The summed E-state index contributed by atoms with van der Waals surface area (Å²) in [4.78, 5) is 11.0. The molecule has 0 aliphatic carbocycles. The number of carbonyl (C=O) groups excluding carboxylic acids is 1. The van der Waals surface area contributed by atoms with Crippen LogP contribution in [0.3, 0.4) is 0 Å². The summed E-state index contributed by atoms with van der Waals surface area (Å²) in [6.07, 6.45) is 3.02. The number of hydrogen-bond donors (Lipinski definition) is 2. The first kappa shape index (κ1) is 9.45. The highest BCUT2D eigenvalue weighted by Gasteiger charge is 1.99. The van der Waals surface area contributed by atoms with Crippen LogP contribution in [0.4, 0.5) is 0 Å². The molecule has 0 radical (unpaired) electrons. The quantitative estimate of drug-likeness (QED) is 0.737. The number of carbonyl (C=O) groups is 1. The van der Waals surface area contributed by atoms with Gasteiger partial charge in [-0.15, -0.1) is 0 Å². The second-order valence-corrected chi connectivity index (χ2v) is 3.21. The number of aromatic amines is 1. The highest BCUT2D eigenvalue weighted by Crippen LogP contribution is 2.12. The fourth-order valence-corrected chi connectivity index (χ4v) is 1.36. The van der Waals surface area contributed by atoms with E-state index < -0.39 is 0 Å². The first-order chi connectivity index (χ1) is 7.29. The van der Waals surface area contributed by atoms with E-state index in [1.807, 2.05) is 18.2 Å². The topological polar surface area (TPSA) is 57.8 Å². The van der Waals surface area contributed by atoms with Crippen molar-refractivity contribution in [1.82, 2.24) is 15.5 Å². The second kappa shape index (κ2) is 3.96. The van der Waals surface area contributed by atoms with Crippen molar-refractivity contribution in [2.24, 2.45) is 0 Å². The molecule has 76 valence electrons. The number of nitrogens with one attached hydrogen (secondary N) is 2. The highest BCUT2D eigenvalue weighted by atomic mass is 16.1. The van der Waals surface area contributed by atoms with Crippen LogP contribution >= 0.6 is 0 Å². The van der Waals surface area contributed by atoms with E-state index >= 15 is 0 Å². The van der Waals surface area contributed by atoms with Gasteiger partial charge in [0.25, 0.3) is 0 Å². The molecule has 0 aliphatic rings. The van der Waals surface area contributed by atoms with Gasteiger partial charge in [-0.05, 0) is 23.8 Å². The molecule has 4 heteroatoms. The maximum Gasteiger partial charge on any atom is 0.243 e. The summed E-state index contributed by atoms with van der Waals surface area (Å²) in [5.41, 5.74) is 2.04. The molecule has 1 heterocycles. The van der Waals surface area contributed by atoms with E-state index in [2.05, 4.69) is 22.1 Å². The monoisotopic (exact) mass is 201 g/mol. The van der Waals surface area contributed by atoms with Crippen LogP contribution in [-0.4, -0.2) is 16.1 Å². The fourth-order valence-electron chi connectivity index (χ4n) is 1.36. The third-order valence-electron chi connectivity index (χ3n) is 2.16. The van der Waals surface area contributed by atoms with Crippen LogP contribution in [0.25, 0.3) is 10.9 Å². The maximum atomic E-state index is 11.0. The molecule has 0 saturated carbocycles. The Morgan fingerprint density at radius 3 is 3.27 bits per heavy atom. The molecule has 1 aromatic carbocycles. The van der Waals surface area contributed by atoms with Gasteiger partial charge in [-0.25, -0.2) is 0 Å². The summed E-state index contributed by atoms with van der Waals surface area (Å²) in [6.45, 7) is 3.89. The smallest absolute Gasteiger partial charge is 0.243 e. The first-order valence-electron chi connectivity index (χ1n) is 4.62. The fraction of sp³-hybridized carbons (Fsp3) is 0.0909. The van der Waals surface area contributed by atoms with Gasteiger partial charge in [0.05, 0.1) is 11.7 Å². The summed E-state index contributed by atoms with van der Waals surface area (Å²) < 4.78 is 0. The molecular weight excluding hydrogens is 190 g/mol. The minimum absolute atomic E-state index is 0.165. The normalized spacial score (nSPS) is 10.1. The van der Waals surface area contributed by atoms with Crippen LogP contribution in [0.5, 0.6) is 0 Å². The van der Waals surface area contributed by atoms with Gasteiger partial charge < -0.3 is 5.32 Å². The summed E-state index contributed by atoms with van der Waals surface area (Å²) in [6, 6.07) is 5.88. The van der Waals surface area contributed by atoms with Gasteiger partial charge >= 0.3 is 0 Å². The number of H-pyrrole nitrogens is 1. The average Bonchev–Trinajstić information content (AvgIpc) is 2.72.